The first-order valence-electron chi connectivity index (χ1n) is 9.23. The number of aryl methyl sites for hydroxylation is 1. The van der Waals surface area contributed by atoms with Crippen molar-refractivity contribution >= 4 is 5.91 Å². The summed E-state index contributed by atoms with van der Waals surface area (Å²) in [5.74, 6) is 0.471. The molecule has 1 heterocycles. The van der Waals surface area contributed by atoms with Gasteiger partial charge in [0.1, 0.15) is 0 Å². The molecule has 144 valence electrons. The van der Waals surface area contributed by atoms with Crippen LogP contribution in [0.25, 0.3) is 0 Å². The molecular weight excluding hydrogens is 343 g/mol. The van der Waals surface area contributed by atoms with Crippen LogP contribution in [0.15, 0.2) is 18.2 Å². The molecule has 0 bridgehead atoms. The van der Waals surface area contributed by atoms with Crippen molar-refractivity contribution in [1.82, 2.24) is 4.90 Å². The van der Waals surface area contributed by atoms with Gasteiger partial charge in [-0.05, 0) is 69.1 Å². The predicted molar refractivity (Wildman–Crippen MR) is 92.5 cm³/mol. The molecule has 0 radical (unpaired) electrons. The van der Waals surface area contributed by atoms with E-state index in [4.69, 9.17) is 0 Å². The molecule has 1 saturated heterocycles. The van der Waals surface area contributed by atoms with E-state index >= 15 is 0 Å². The fourth-order valence-corrected chi connectivity index (χ4v) is 4.30. The number of hydrogen-bond donors (Lipinski definition) is 1. The number of alkyl halides is 3. The maximum atomic E-state index is 12.9. The topological polar surface area (TPSA) is 40.5 Å². The quantitative estimate of drug-likeness (QED) is 0.876. The number of aliphatic hydroxyl groups is 1. The molecule has 1 aromatic rings. The van der Waals surface area contributed by atoms with Crippen molar-refractivity contribution < 1.29 is 23.1 Å². The molecule has 1 saturated carbocycles. The Labute approximate surface area is 152 Å². The standard InChI is InChI=1S/C20H26F3NO2/c1-13-9-15(3-4-17(13)20(21,22)23)10-14-5-7-24(8-6-14)18(25)16-11-19(2,26)12-16/h3-4,9,14,16,26H,5-8,10-12H2,1-2H3. The molecule has 1 N–H and O–H groups in total. The first kappa shape index (κ1) is 19.2. The van der Waals surface area contributed by atoms with Crippen molar-refractivity contribution in [3.05, 3.63) is 34.9 Å². The smallest absolute Gasteiger partial charge is 0.390 e. The van der Waals surface area contributed by atoms with E-state index in [2.05, 4.69) is 0 Å². The zero-order valence-corrected chi connectivity index (χ0v) is 15.3. The summed E-state index contributed by atoms with van der Waals surface area (Å²) in [6.45, 7) is 4.65. The van der Waals surface area contributed by atoms with Crippen LogP contribution in [0.5, 0.6) is 0 Å². The molecule has 0 unspecified atom stereocenters. The van der Waals surface area contributed by atoms with Crippen LogP contribution in [0, 0.1) is 18.8 Å². The normalized spacial score (nSPS) is 27.3. The number of likely N-dealkylation sites (tertiary alicyclic amines) is 1. The molecule has 26 heavy (non-hydrogen) atoms. The Bertz CT molecular complexity index is 668. The molecule has 1 amide bonds. The molecule has 1 aliphatic carbocycles. The van der Waals surface area contributed by atoms with Gasteiger partial charge in [0.15, 0.2) is 0 Å². The molecule has 2 aliphatic rings. The van der Waals surface area contributed by atoms with Crippen LogP contribution in [0.1, 0.15) is 49.3 Å². The van der Waals surface area contributed by atoms with E-state index in [1.807, 2.05) is 4.90 Å². The van der Waals surface area contributed by atoms with Gasteiger partial charge >= 0.3 is 6.18 Å². The molecule has 3 rings (SSSR count). The van der Waals surface area contributed by atoms with Crippen LogP contribution >= 0.6 is 0 Å². The van der Waals surface area contributed by atoms with E-state index < -0.39 is 17.3 Å². The average Bonchev–Trinajstić information content (AvgIpc) is 2.51. The van der Waals surface area contributed by atoms with Gasteiger partial charge in [0, 0.05) is 19.0 Å². The van der Waals surface area contributed by atoms with E-state index in [-0.39, 0.29) is 17.4 Å². The van der Waals surface area contributed by atoms with E-state index in [0.29, 0.717) is 31.8 Å². The zero-order chi connectivity index (χ0) is 19.1. The zero-order valence-electron chi connectivity index (χ0n) is 15.3. The highest BCUT2D eigenvalue weighted by Crippen LogP contribution is 2.39. The summed E-state index contributed by atoms with van der Waals surface area (Å²) < 4.78 is 38.6. The number of rotatable bonds is 3. The summed E-state index contributed by atoms with van der Waals surface area (Å²) >= 11 is 0. The summed E-state index contributed by atoms with van der Waals surface area (Å²) in [6.07, 6.45) is -0.739. The highest BCUT2D eigenvalue weighted by Gasteiger charge is 2.44. The third-order valence-corrected chi connectivity index (χ3v) is 5.77. The third-order valence-electron chi connectivity index (χ3n) is 5.77. The predicted octanol–water partition coefficient (Wildman–Crippen LogP) is 3.96. The van der Waals surface area contributed by atoms with Crippen molar-refractivity contribution in [1.29, 1.82) is 0 Å². The minimum atomic E-state index is -4.31. The summed E-state index contributed by atoms with van der Waals surface area (Å²) in [5, 5.41) is 9.79. The van der Waals surface area contributed by atoms with Crippen LogP contribution in [0.4, 0.5) is 13.2 Å². The second-order valence-electron chi connectivity index (χ2n) is 8.22. The van der Waals surface area contributed by atoms with E-state index in [0.717, 1.165) is 24.8 Å². The number of carbonyl (C=O) groups is 1. The number of benzene rings is 1. The summed E-state index contributed by atoms with van der Waals surface area (Å²) in [7, 11) is 0. The van der Waals surface area contributed by atoms with Crippen LogP contribution in [-0.2, 0) is 17.4 Å². The molecule has 0 aromatic heterocycles. The molecule has 2 fully saturated rings. The minimum absolute atomic E-state index is 0.0564. The minimum Gasteiger partial charge on any atom is -0.390 e. The Morgan fingerprint density at radius 1 is 1.27 bits per heavy atom. The molecule has 1 aromatic carbocycles. The molecule has 0 spiro atoms. The van der Waals surface area contributed by atoms with Gasteiger partial charge in [-0.2, -0.15) is 13.2 Å². The molecular formula is C20H26F3NO2. The average molecular weight is 369 g/mol. The molecule has 6 heteroatoms. The Balaban J connectivity index is 1.51. The van der Waals surface area contributed by atoms with Crippen LogP contribution in [0.2, 0.25) is 0 Å². The SMILES string of the molecule is Cc1cc(CC2CCN(C(=O)C3CC(C)(O)C3)CC2)ccc1C(F)(F)F. The first-order chi connectivity index (χ1) is 12.0. The fraction of sp³-hybridized carbons (Fsp3) is 0.650. The van der Waals surface area contributed by atoms with Crippen molar-refractivity contribution in [3.63, 3.8) is 0 Å². The number of carbonyl (C=O) groups excluding carboxylic acids is 1. The van der Waals surface area contributed by atoms with Gasteiger partial charge in [0.2, 0.25) is 5.91 Å². The summed E-state index contributed by atoms with van der Waals surface area (Å²) in [5.41, 5.74) is -0.0768. The van der Waals surface area contributed by atoms with Crippen molar-refractivity contribution in [2.24, 2.45) is 11.8 Å². The van der Waals surface area contributed by atoms with Gasteiger partial charge in [-0.1, -0.05) is 12.1 Å². The van der Waals surface area contributed by atoms with Crippen molar-refractivity contribution in [2.45, 2.75) is 57.7 Å². The lowest BCUT2D eigenvalue weighted by atomic mass is 9.71. The number of hydrogen-bond acceptors (Lipinski definition) is 2. The molecule has 0 atom stereocenters. The van der Waals surface area contributed by atoms with Crippen LogP contribution < -0.4 is 0 Å². The lowest BCUT2D eigenvalue weighted by molar-refractivity contribution is -0.151. The van der Waals surface area contributed by atoms with E-state index in [1.165, 1.54) is 13.0 Å². The van der Waals surface area contributed by atoms with Gasteiger partial charge < -0.3 is 10.0 Å². The van der Waals surface area contributed by atoms with E-state index in [9.17, 15) is 23.1 Å². The Hall–Kier alpha value is -1.56. The maximum absolute atomic E-state index is 12.9. The number of piperidine rings is 1. The lowest BCUT2D eigenvalue weighted by Gasteiger charge is -2.43. The summed E-state index contributed by atoms with van der Waals surface area (Å²) in [4.78, 5) is 14.3. The fourth-order valence-electron chi connectivity index (χ4n) is 4.30. The molecule has 1 aliphatic heterocycles. The van der Waals surface area contributed by atoms with Crippen LogP contribution in [0.3, 0.4) is 0 Å². The number of halogens is 3. The first-order valence-corrected chi connectivity index (χ1v) is 9.23. The van der Waals surface area contributed by atoms with Gasteiger partial charge in [0.05, 0.1) is 11.2 Å². The second kappa shape index (κ2) is 6.87. The summed E-state index contributed by atoms with van der Waals surface area (Å²) in [6, 6.07) is 4.38. The van der Waals surface area contributed by atoms with Crippen molar-refractivity contribution in [3.8, 4) is 0 Å². The molecule has 3 nitrogen and oxygen atoms in total. The van der Waals surface area contributed by atoms with Gasteiger partial charge in [0.25, 0.3) is 0 Å². The maximum Gasteiger partial charge on any atom is 0.416 e. The van der Waals surface area contributed by atoms with Gasteiger partial charge in [-0.15, -0.1) is 0 Å². The lowest BCUT2D eigenvalue weighted by Crippen LogP contribution is -2.51. The number of nitrogens with zero attached hydrogens (tertiary/aromatic N) is 1. The Morgan fingerprint density at radius 2 is 1.88 bits per heavy atom. The Morgan fingerprint density at radius 3 is 2.38 bits per heavy atom. The van der Waals surface area contributed by atoms with Crippen molar-refractivity contribution in [2.75, 3.05) is 13.1 Å². The second-order valence-corrected chi connectivity index (χ2v) is 8.22. The van der Waals surface area contributed by atoms with Gasteiger partial charge in [-0.3, -0.25) is 4.79 Å². The third kappa shape index (κ3) is 4.22. The highest BCUT2D eigenvalue weighted by molar-refractivity contribution is 5.80. The largest absolute Gasteiger partial charge is 0.416 e. The Kier molecular flexibility index (Phi) is 5.08. The van der Waals surface area contributed by atoms with Crippen LogP contribution in [-0.4, -0.2) is 34.6 Å². The van der Waals surface area contributed by atoms with E-state index in [1.54, 1.807) is 19.1 Å². The monoisotopic (exact) mass is 369 g/mol. The highest BCUT2D eigenvalue weighted by atomic mass is 19.4. The van der Waals surface area contributed by atoms with Gasteiger partial charge in [-0.25, -0.2) is 0 Å². The number of amides is 1.